The monoisotopic (exact) mass is 276 g/mol. The van der Waals surface area contributed by atoms with Crippen LogP contribution in [0.25, 0.3) is 0 Å². The van der Waals surface area contributed by atoms with Crippen molar-refractivity contribution >= 4 is 23.2 Å². The Bertz CT molecular complexity index is 700. The molecule has 2 rings (SSSR count). The standard InChI is InChI=1S/C12H12N4O2S/c1-9-8-19-12(15(9)2)14-13-7-10-4-3-5-11(6-10)16(17)18/h3-8H,1-2H3/b13-7+,14-12+. The van der Waals surface area contributed by atoms with E-state index in [1.54, 1.807) is 12.1 Å². The van der Waals surface area contributed by atoms with Crippen molar-refractivity contribution in [2.24, 2.45) is 17.3 Å². The van der Waals surface area contributed by atoms with Crippen LogP contribution in [0.1, 0.15) is 11.3 Å². The molecule has 1 heterocycles. The third-order valence-corrected chi connectivity index (χ3v) is 3.61. The minimum absolute atomic E-state index is 0.0430. The first-order chi connectivity index (χ1) is 9.08. The van der Waals surface area contributed by atoms with E-state index in [1.807, 2.05) is 23.9 Å². The van der Waals surface area contributed by atoms with Gasteiger partial charge in [0.05, 0.1) is 11.1 Å². The fraction of sp³-hybridized carbons (Fsp3) is 0.167. The maximum absolute atomic E-state index is 10.6. The summed E-state index contributed by atoms with van der Waals surface area (Å²) in [4.78, 5) is 11.0. The van der Waals surface area contributed by atoms with Crippen molar-refractivity contribution in [3.05, 3.63) is 55.8 Å². The Kier molecular flexibility index (Phi) is 3.86. The smallest absolute Gasteiger partial charge is 0.270 e. The Morgan fingerprint density at radius 2 is 2.26 bits per heavy atom. The highest BCUT2D eigenvalue weighted by Crippen LogP contribution is 2.11. The molecule has 0 radical (unpaired) electrons. The number of aryl methyl sites for hydroxylation is 1. The second-order valence-corrected chi connectivity index (χ2v) is 4.75. The van der Waals surface area contributed by atoms with Gasteiger partial charge in [-0.2, -0.15) is 5.10 Å². The molecule has 0 N–H and O–H groups in total. The lowest BCUT2D eigenvalue weighted by Crippen LogP contribution is -2.10. The largest absolute Gasteiger partial charge is 0.323 e. The number of rotatable bonds is 3. The van der Waals surface area contributed by atoms with Crippen LogP contribution >= 0.6 is 11.3 Å². The molecule has 0 atom stereocenters. The molecule has 1 aromatic carbocycles. The molecule has 0 aliphatic carbocycles. The maximum atomic E-state index is 10.6. The van der Waals surface area contributed by atoms with Gasteiger partial charge in [-0.1, -0.05) is 12.1 Å². The third kappa shape index (κ3) is 3.14. The van der Waals surface area contributed by atoms with Crippen molar-refractivity contribution in [3.63, 3.8) is 0 Å². The zero-order chi connectivity index (χ0) is 13.8. The molecule has 98 valence electrons. The molecule has 0 fully saturated rings. The van der Waals surface area contributed by atoms with Crippen LogP contribution in [0.4, 0.5) is 5.69 Å². The van der Waals surface area contributed by atoms with Gasteiger partial charge in [0.25, 0.3) is 5.69 Å². The second-order valence-electron chi connectivity index (χ2n) is 3.92. The molecule has 1 aromatic heterocycles. The fourth-order valence-corrected chi connectivity index (χ4v) is 2.23. The molecule has 0 aliphatic rings. The van der Waals surface area contributed by atoms with Crippen molar-refractivity contribution in [2.45, 2.75) is 6.92 Å². The van der Waals surface area contributed by atoms with Crippen molar-refractivity contribution in [3.8, 4) is 0 Å². The predicted octanol–water partition coefficient (Wildman–Crippen LogP) is 2.24. The molecule has 7 heteroatoms. The summed E-state index contributed by atoms with van der Waals surface area (Å²) in [5.74, 6) is 0. The van der Waals surface area contributed by atoms with Gasteiger partial charge in [0, 0.05) is 35.8 Å². The summed E-state index contributed by atoms with van der Waals surface area (Å²) < 4.78 is 1.93. The molecule has 0 aliphatic heterocycles. The van der Waals surface area contributed by atoms with Crippen LogP contribution < -0.4 is 4.80 Å². The minimum Gasteiger partial charge on any atom is -0.323 e. The topological polar surface area (TPSA) is 72.8 Å². The van der Waals surface area contributed by atoms with Gasteiger partial charge in [-0.05, 0) is 6.92 Å². The van der Waals surface area contributed by atoms with Gasteiger partial charge < -0.3 is 4.57 Å². The van der Waals surface area contributed by atoms with Crippen LogP contribution in [0.15, 0.2) is 39.8 Å². The number of hydrogen-bond acceptors (Lipinski definition) is 5. The number of aromatic nitrogens is 1. The average Bonchev–Trinajstić information content (AvgIpc) is 2.71. The summed E-state index contributed by atoms with van der Waals surface area (Å²) in [6.45, 7) is 1.99. The molecule has 0 amide bonds. The molecular weight excluding hydrogens is 264 g/mol. The van der Waals surface area contributed by atoms with E-state index in [-0.39, 0.29) is 5.69 Å². The molecule has 6 nitrogen and oxygen atoms in total. The lowest BCUT2D eigenvalue weighted by atomic mass is 10.2. The summed E-state index contributed by atoms with van der Waals surface area (Å²) in [6, 6.07) is 6.26. The molecule has 0 unspecified atom stereocenters. The molecule has 0 saturated heterocycles. The highest BCUT2D eigenvalue weighted by molar-refractivity contribution is 7.07. The number of nitro groups is 1. The first-order valence-electron chi connectivity index (χ1n) is 5.50. The zero-order valence-corrected chi connectivity index (χ0v) is 11.3. The van der Waals surface area contributed by atoms with E-state index in [2.05, 4.69) is 10.2 Å². The van der Waals surface area contributed by atoms with E-state index >= 15 is 0 Å². The molecule has 0 spiro atoms. The normalized spacial score (nSPS) is 12.2. The Morgan fingerprint density at radius 1 is 1.47 bits per heavy atom. The second kappa shape index (κ2) is 5.57. The number of hydrogen-bond donors (Lipinski definition) is 0. The zero-order valence-electron chi connectivity index (χ0n) is 10.5. The fourth-order valence-electron chi connectivity index (χ4n) is 1.40. The molecule has 0 saturated carbocycles. The van der Waals surface area contributed by atoms with Gasteiger partial charge in [-0.15, -0.1) is 16.4 Å². The Morgan fingerprint density at radius 3 is 2.89 bits per heavy atom. The van der Waals surface area contributed by atoms with Gasteiger partial charge in [0.1, 0.15) is 0 Å². The van der Waals surface area contributed by atoms with E-state index in [4.69, 9.17) is 0 Å². The summed E-state index contributed by atoms with van der Waals surface area (Å²) in [5, 5.41) is 20.7. The van der Waals surface area contributed by atoms with Crippen LogP contribution in [-0.4, -0.2) is 15.7 Å². The highest BCUT2D eigenvalue weighted by Gasteiger charge is 2.03. The van der Waals surface area contributed by atoms with Gasteiger partial charge >= 0.3 is 0 Å². The molecule has 0 bridgehead atoms. The summed E-state index contributed by atoms with van der Waals surface area (Å²) in [7, 11) is 1.91. The Hall–Kier alpha value is -2.28. The van der Waals surface area contributed by atoms with Crippen LogP contribution in [0, 0.1) is 17.0 Å². The van der Waals surface area contributed by atoms with Crippen LogP contribution in [0.2, 0.25) is 0 Å². The number of non-ortho nitro benzene ring substituents is 1. The van der Waals surface area contributed by atoms with Crippen molar-refractivity contribution < 1.29 is 4.92 Å². The van der Waals surface area contributed by atoms with E-state index in [9.17, 15) is 10.1 Å². The molecule has 19 heavy (non-hydrogen) atoms. The minimum atomic E-state index is -0.433. The number of nitro benzene ring substituents is 1. The van der Waals surface area contributed by atoms with E-state index in [0.29, 0.717) is 5.56 Å². The van der Waals surface area contributed by atoms with E-state index in [0.717, 1.165) is 10.5 Å². The average molecular weight is 276 g/mol. The SMILES string of the molecule is Cc1cs/c(=N/N=C/c2cccc([N+](=O)[O-])c2)n1C. The van der Waals surface area contributed by atoms with Crippen molar-refractivity contribution in [1.29, 1.82) is 0 Å². The van der Waals surface area contributed by atoms with Gasteiger partial charge in [-0.25, -0.2) is 0 Å². The van der Waals surface area contributed by atoms with Crippen LogP contribution in [-0.2, 0) is 7.05 Å². The predicted molar refractivity (Wildman–Crippen MR) is 74.3 cm³/mol. The summed E-state index contributed by atoms with van der Waals surface area (Å²) in [5.41, 5.74) is 1.80. The summed E-state index contributed by atoms with van der Waals surface area (Å²) >= 11 is 1.49. The van der Waals surface area contributed by atoms with Gasteiger partial charge in [-0.3, -0.25) is 10.1 Å². The highest BCUT2D eigenvalue weighted by atomic mass is 32.1. The Labute approximate surface area is 113 Å². The van der Waals surface area contributed by atoms with E-state index < -0.39 is 4.92 Å². The quantitative estimate of drug-likeness (QED) is 0.490. The summed E-state index contributed by atoms with van der Waals surface area (Å²) in [6.07, 6.45) is 1.50. The number of thiazole rings is 1. The van der Waals surface area contributed by atoms with Crippen LogP contribution in [0.5, 0.6) is 0 Å². The Balaban J connectivity index is 2.24. The maximum Gasteiger partial charge on any atom is 0.270 e. The van der Waals surface area contributed by atoms with Gasteiger partial charge in [0.2, 0.25) is 4.80 Å². The number of benzene rings is 1. The molecular formula is C12H12N4O2S. The van der Waals surface area contributed by atoms with Crippen LogP contribution in [0.3, 0.4) is 0 Å². The first-order valence-corrected chi connectivity index (χ1v) is 6.38. The third-order valence-electron chi connectivity index (χ3n) is 2.58. The van der Waals surface area contributed by atoms with Crippen molar-refractivity contribution in [2.75, 3.05) is 0 Å². The molecule has 2 aromatic rings. The first kappa shape index (κ1) is 13.2. The van der Waals surface area contributed by atoms with Gasteiger partial charge in [0.15, 0.2) is 0 Å². The number of nitrogens with zero attached hydrogens (tertiary/aromatic N) is 4. The van der Waals surface area contributed by atoms with E-state index in [1.165, 1.54) is 29.7 Å². The lowest BCUT2D eigenvalue weighted by Gasteiger charge is -1.93. The lowest BCUT2D eigenvalue weighted by molar-refractivity contribution is -0.384. The van der Waals surface area contributed by atoms with Crippen molar-refractivity contribution in [1.82, 2.24) is 4.57 Å².